The summed E-state index contributed by atoms with van der Waals surface area (Å²) in [4.78, 5) is 23.6. The molecular weight excluding hydrogens is 404 g/mol. The number of aromatic nitrogens is 2. The maximum Gasteiger partial charge on any atom is 0.259 e. The van der Waals surface area contributed by atoms with Gasteiger partial charge in [-0.2, -0.15) is 0 Å². The van der Waals surface area contributed by atoms with Gasteiger partial charge >= 0.3 is 0 Å². The van der Waals surface area contributed by atoms with Gasteiger partial charge < -0.3 is 9.47 Å². The molecule has 164 valence electrons. The monoisotopic (exact) mass is 436 g/mol. The van der Waals surface area contributed by atoms with E-state index in [9.17, 15) is 4.79 Å². The van der Waals surface area contributed by atoms with Crippen LogP contribution in [0.4, 0.5) is 0 Å². The van der Waals surface area contributed by atoms with Crippen molar-refractivity contribution < 1.29 is 0 Å². The first-order chi connectivity index (χ1) is 15.0. The van der Waals surface area contributed by atoms with E-state index in [1.807, 2.05) is 25.6 Å². The number of piperazine rings is 1. The molecule has 0 radical (unpaired) electrons. The Kier molecular flexibility index (Phi) is 5.71. The SMILES string of the molecule is C[C@@H]1CN(C)CCN1Cc1cc2c(=O)n(C)cc(-c3ccncc3CCC3CC3)c2s1. The van der Waals surface area contributed by atoms with Gasteiger partial charge in [0.2, 0.25) is 0 Å². The predicted octanol–water partition coefficient (Wildman–Crippen LogP) is 4.14. The van der Waals surface area contributed by atoms with E-state index in [4.69, 9.17) is 0 Å². The largest absolute Gasteiger partial charge is 0.317 e. The second-order valence-corrected chi connectivity index (χ2v) is 10.6. The number of aryl methyl sites for hydroxylation is 2. The molecule has 2 fully saturated rings. The standard InChI is InChI=1S/C25H32N4OS/c1-17-14-27(2)10-11-29(17)15-20-12-22-24(31-20)23(16-28(3)25(22)30)21-8-9-26-13-19(21)7-6-18-4-5-18/h8-9,12-13,16-18H,4-7,10-11,14-15H2,1-3H3/t17-/m1/s1. The molecule has 0 N–H and O–H groups in total. The number of nitrogens with zero attached hydrogens (tertiary/aromatic N) is 4. The predicted molar refractivity (Wildman–Crippen MR) is 129 cm³/mol. The van der Waals surface area contributed by atoms with Crippen molar-refractivity contribution in [2.24, 2.45) is 13.0 Å². The highest BCUT2D eigenvalue weighted by molar-refractivity contribution is 7.19. The second-order valence-electron chi connectivity index (χ2n) is 9.51. The lowest BCUT2D eigenvalue weighted by Gasteiger charge is -2.37. The van der Waals surface area contributed by atoms with Gasteiger partial charge in [-0.05, 0) is 56.0 Å². The molecule has 1 atom stereocenters. The van der Waals surface area contributed by atoms with Gasteiger partial charge in [0.25, 0.3) is 5.56 Å². The molecule has 3 aromatic heterocycles. The molecular formula is C25H32N4OS. The highest BCUT2D eigenvalue weighted by Gasteiger charge is 2.24. The summed E-state index contributed by atoms with van der Waals surface area (Å²) < 4.78 is 2.87. The van der Waals surface area contributed by atoms with Crippen molar-refractivity contribution in [2.45, 2.75) is 45.2 Å². The molecule has 0 spiro atoms. The molecule has 5 nitrogen and oxygen atoms in total. The van der Waals surface area contributed by atoms with Gasteiger partial charge in [0.15, 0.2) is 0 Å². The summed E-state index contributed by atoms with van der Waals surface area (Å²) in [5, 5.41) is 0.853. The van der Waals surface area contributed by atoms with Crippen LogP contribution in [0, 0.1) is 5.92 Å². The van der Waals surface area contributed by atoms with Gasteiger partial charge in [-0.15, -0.1) is 11.3 Å². The third kappa shape index (κ3) is 4.34. The summed E-state index contributed by atoms with van der Waals surface area (Å²) >= 11 is 1.79. The number of rotatable bonds is 6. The summed E-state index contributed by atoms with van der Waals surface area (Å²) in [5.74, 6) is 0.895. The summed E-state index contributed by atoms with van der Waals surface area (Å²) in [7, 11) is 4.06. The molecule has 2 aliphatic rings. The first kappa shape index (κ1) is 20.9. The van der Waals surface area contributed by atoms with E-state index in [-0.39, 0.29) is 5.56 Å². The normalized spacial score (nSPS) is 20.5. The first-order valence-corrected chi connectivity index (χ1v) is 12.3. The third-order valence-electron chi connectivity index (χ3n) is 6.94. The van der Waals surface area contributed by atoms with E-state index in [1.54, 1.807) is 15.9 Å². The molecule has 0 amide bonds. The minimum absolute atomic E-state index is 0.0984. The molecule has 3 aromatic rings. The number of fused-ring (bicyclic) bond motifs is 1. The van der Waals surface area contributed by atoms with Crippen LogP contribution in [0.3, 0.4) is 0 Å². The fourth-order valence-electron chi connectivity index (χ4n) is 4.84. The van der Waals surface area contributed by atoms with Crippen LogP contribution in [0.5, 0.6) is 0 Å². The zero-order chi connectivity index (χ0) is 21.5. The van der Waals surface area contributed by atoms with Gasteiger partial charge in [0.1, 0.15) is 0 Å². The zero-order valence-corrected chi connectivity index (χ0v) is 19.6. The molecule has 1 aliphatic carbocycles. The quantitative estimate of drug-likeness (QED) is 0.582. The van der Waals surface area contributed by atoms with Crippen molar-refractivity contribution in [3.05, 3.63) is 51.5 Å². The van der Waals surface area contributed by atoms with Crippen molar-refractivity contribution >= 4 is 21.4 Å². The highest BCUT2D eigenvalue weighted by atomic mass is 32.1. The summed E-state index contributed by atoms with van der Waals surface area (Å²) in [6, 6.07) is 4.80. The topological polar surface area (TPSA) is 41.4 Å². The Labute approximate surface area is 188 Å². The Morgan fingerprint density at radius 2 is 2.03 bits per heavy atom. The number of hydrogen-bond donors (Lipinski definition) is 0. The van der Waals surface area contributed by atoms with Crippen LogP contribution in [-0.4, -0.2) is 52.1 Å². The van der Waals surface area contributed by atoms with Crippen molar-refractivity contribution in [3.63, 3.8) is 0 Å². The van der Waals surface area contributed by atoms with E-state index in [0.29, 0.717) is 6.04 Å². The van der Waals surface area contributed by atoms with E-state index >= 15 is 0 Å². The molecule has 31 heavy (non-hydrogen) atoms. The van der Waals surface area contributed by atoms with Crippen LogP contribution in [-0.2, 0) is 20.0 Å². The number of hydrogen-bond acceptors (Lipinski definition) is 5. The molecule has 4 heterocycles. The number of pyridine rings is 2. The first-order valence-electron chi connectivity index (χ1n) is 11.5. The smallest absolute Gasteiger partial charge is 0.259 e. The third-order valence-corrected chi connectivity index (χ3v) is 8.09. The van der Waals surface area contributed by atoms with Gasteiger partial charge in [-0.3, -0.25) is 14.7 Å². The number of likely N-dealkylation sites (N-methyl/N-ethyl adjacent to an activating group) is 1. The molecule has 0 unspecified atom stereocenters. The molecule has 0 aromatic carbocycles. The van der Waals surface area contributed by atoms with E-state index in [0.717, 1.165) is 48.6 Å². The Morgan fingerprint density at radius 3 is 2.81 bits per heavy atom. The molecule has 1 saturated heterocycles. The van der Waals surface area contributed by atoms with E-state index in [1.165, 1.54) is 40.8 Å². The molecule has 1 aliphatic heterocycles. The summed E-state index contributed by atoms with van der Waals surface area (Å²) in [6.45, 7) is 6.49. The summed E-state index contributed by atoms with van der Waals surface area (Å²) in [6.07, 6.45) is 11.0. The van der Waals surface area contributed by atoms with Gasteiger partial charge in [0.05, 0.1) is 5.39 Å². The van der Waals surface area contributed by atoms with Crippen molar-refractivity contribution in [1.82, 2.24) is 19.4 Å². The zero-order valence-electron chi connectivity index (χ0n) is 18.8. The average molecular weight is 437 g/mol. The van der Waals surface area contributed by atoms with Gasteiger partial charge in [0, 0.05) is 73.0 Å². The van der Waals surface area contributed by atoms with Crippen LogP contribution < -0.4 is 5.56 Å². The fraction of sp³-hybridized carbons (Fsp3) is 0.520. The van der Waals surface area contributed by atoms with Crippen molar-refractivity contribution in [3.8, 4) is 11.1 Å². The van der Waals surface area contributed by atoms with Crippen LogP contribution in [0.2, 0.25) is 0 Å². The lowest BCUT2D eigenvalue weighted by molar-refractivity contribution is 0.0948. The van der Waals surface area contributed by atoms with Crippen molar-refractivity contribution in [1.29, 1.82) is 0 Å². The van der Waals surface area contributed by atoms with Crippen molar-refractivity contribution in [2.75, 3.05) is 26.7 Å². The lowest BCUT2D eigenvalue weighted by Crippen LogP contribution is -2.49. The van der Waals surface area contributed by atoms with Crippen LogP contribution in [0.1, 0.15) is 36.6 Å². The van der Waals surface area contributed by atoms with Crippen LogP contribution in [0.15, 0.2) is 35.5 Å². The molecule has 5 rings (SSSR count). The minimum atomic E-state index is 0.0984. The van der Waals surface area contributed by atoms with Crippen LogP contribution in [0.25, 0.3) is 21.2 Å². The van der Waals surface area contributed by atoms with E-state index in [2.05, 4.69) is 40.9 Å². The van der Waals surface area contributed by atoms with Crippen LogP contribution >= 0.6 is 11.3 Å². The molecule has 1 saturated carbocycles. The van der Waals surface area contributed by atoms with E-state index < -0.39 is 0 Å². The maximum atomic E-state index is 13.0. The van der Waals surface area contributed by atoms with Gasteiger partial charge in [-0.1, -0.05) is 12.8 Å². The highest BCUT2D eigenvalue weighted by Crippen LogP contribution is 2.38. The Hall–Kier alpha value is -2.02. The maximum absolute atomic E-state index is 13.0. The second kappa shape index (κ2) is 8.49. The summed E-state index contributed by atoms with van der Waals surface area (Å²) in [5.41, 5.74) is 3.81. The fourth-order valence-corrected chi connectivity index (χ4v) is 6.04. The lowest BCUT2D eigenvalue weighted by atomic mass is 9.98. The number of thiophene rings is 1. The molecule has 6 heteroatoms. The Bertz CT molecular complexity index is 1150. The molecule has 0 bridgehead atoms. The Balaban J connectivity index is 1.52. The minimum Gasteiger partial charge on any atom is -0.317 e. The van der Waals surface area contributed by atoms with Gasteiger partial charge in [-0.25, -0.2) is 0 Å². The Morgan fingerprint density at radius 1 is 1.19 bits per heavy atom. The average Bonchev–Trinajstić information content (AvgIpc) is 3.49.